The number of carbonyl (C=O) groups is 1. The maximum absolute atomic E-state index is 11.5. The molecule has 0 radical (unpaired) electrons. The van der Waals surface area contributed by atoms with Gasteiger partial charge in [-0.15, -0.1) is 0 Å². The third-order valence-corrected chi connectivity index (χ3v) is 3.79. The molecule has 20 heavy (non-hydrogen) atoms. The number of nitrogen functional groups attached to an aromatic ring is 1. The first-order valence-corrected chi connectivity index (χ1v) is 6.79. The second kappa shape index (κ2) is 5.00. The molecule has 1 fully saturated rings. The number of carbonyl (C=O) groups excluding carboxylic acids is 1. The number of piperidine rings is 1. The lowest BCUT2D eigenvalue weighted by atomic mass is 10.0. The van der Waals surface area contributed by atoms with Gasteiger partial charge < -0.3 is 16.0 Å². The second-order valence-electron chi connectivity index (χ2n) is 5.26. The maximum Gasteiger partial charge on any atom is 0.222 e. The number of nitrogens with one attached hydrogen (secondary N) is 1. The number of anilines is 2. The van der Waals surface area contributed by atoms with Crippen LogP contribution in [-0.4, -0.2) is 35.4 Å². The van der Waals surface area contributed by atoms with Gasteiger partial charge in [0.2, 0.25) is 5.91 Å². The molecular weight excluding hydrogens is 252 g/mol. The molecule has 5 heteroatoms. The molecule has 2 heterocycles. The predicted octanol–water partition coefficient (Wildman–Crippen LogP) is 1.85. The third-order valence-electron chi connectivity index (χ3n) is 3.79. The molecule has 1 aliphatic heterocycles. The van der Waals surface area contributed by atoms with E-state index >= 15 is 0 Å². The number of likely N-dealkylation sites (N-methyl/N-ethyl adjacent to an activating group) is 1. The van der Waals surface area contributed by atoms with Crippen LogP contribution in [0, 0.1) is 0 Å². The topological polar surface area (TPSA) is 71.2 Å². The molecule has 1 aromatic heterocycles. The van der Waals surface area contributed by atoms with E-state index in [9.17, 15) is 4.79 Å². The highest BCUT2D eigenvalue weighted by Gasteiger charge is 2.23. The van der Waals surface area contributed by atoms with Crippen LogP contribution >= 0.6 is 0 Å². The molecule has 1 atom stereocenters. The molecule has 1 amide bonds. The molecule has 0 aliphatic carbocycles. The lowest BCUT2D eigenvalue weighted by Gasteiger charge is -2.31. The molecule has 0 saturated carbocycles. The van der Waals surface area contributed by atoms with E-state index in [4.69, 9.17) is 5.73 Å². The smallest absolute Gasteiger partial charge is 0.222 e. The fourth-order valence-electron chi connectivity index (χ4n) is 2.66. The molecule has 2 aromatic rings. The van der Waals surface area contributed by atoms with Crippen molar-refractivity contribution in [1.82, 2.24) is 9.88 Å². The Morgan fingerprint density at radius 3 is 3.05 bits per heavy atom. The summed E-state index contributed by atoms with van der Waals surface area (Å²) in [7, 11) is 1.84. The summed E-state index contributed by atoms with van der Waals surface area (Å²) in [5, 5.41) is 4.45. The van der Waals surface area contributed by atoms with E-state index in [2.05, 4.69) is 10.3 Å². The van der Waals surface area contributed by atoms with Crippen LogP contribution in [0.2, 0.25) is 0 Å². The van der Waals surface area contributed by atoms with Gasteiger partial charge in [-0.25, -0.2) is 0 Å². The van der Waals surface area contributed by atoms with Crippen LogP contribution in [0.1, 0.15) is 12.8 Å². The van der Waals surface area contributed by atoms with Crippen molar-refractivity contribution < 1.29 is 4.79 Å². The van der Waals surface area contributed by atoms with Crippen molar-refractivity contribution in [2.24, 2.45) is 0 Å². The summed E-state index contributed by atoms with van der Waals surface area (Å²) < 4.78 is 0. The van der Waals surface area contributed by atoms with E-state index in [0.29, 0.717) is 6.42 Å². The van der Waals surface area contributed by atoms with Crippen LogP contribution in [0.15, 0.2) is 30.5 Å². The molecule has 1 saturated heterocycles. The van der Waals surface area contributed by atoms with Gasteiger partial charge in [0.25, 0.3) is 0 Å². The monoisotopic (exact) mass is 270 g/mol. The van der Waals surface area contributed by atoms with Crippen LogP contribution in [0.5, 0.6) is 0 Å². The molecule has 104 valence electrons. The van der Waals surface area contributed by atoms with Gasteiger partial charge in [0.1, 0.15) is 0 Å². The number of amides is 1. The molecule has 3 N–H and O–H groups in total. The minimum Gasteiger partial charge on any atom is -0.398 e. The van der Waals surface area contributed by atoms with Gasteiger partial charge in [-0.2, -0.15) is 0 Å². The Kier molecular flexibility index (Phi) is 3.18. The van der Waals surface area contributed by atoms with Gasteiger partial charge in [0.05, 0.1) is 11.2 Å². The average molecular weight is 270 g/mol. The summed E-state index contributed by atoms with van der Waals surface area (Å²) in [6.45, 7) is 0.720. The predicted molar refractivity (Wildman–Crippen MR) is 80.4 cm³/mol. The third kappa shape index (κ3) is 2.27. The van der Waals surface area contributed by atoms with Crippen molar-refractivity contribution in [1.29, 1.82) is 0 Å². The molecule has 5 nitrogen and oxygen atoms in total. The van der Waals surface area contributed by atoms with Gasteiger partial charge in [-0.05, 0) is 30.7 Å². The number of pyridine rings is 1. The molecular formula is C15H18N4O. The highest BCUT2D eigenvalue weighted by molar-refractivity contribution is 5.98. The normalized spacial score (nSPS) is 19.4. The van der Waals surface area contributed by atoms with Crippen LogP contribution < -0.4 is 11.1 Å². The summed E-state index contributed by atoms with van der Waals surface area (Å²) in [4.78, 5) is 17.7. The Labute approximate surface area is 117 Å². The quantitative estimate of drug-likeness (QED) is 0.817. The number of benzene rings is 1. The summed E-state index contributed by atoms with van der Waals surface area (Å²) in [6, 6.07) is 7.96. The van der Waals surface area contributed by atoms with Crippen molar-refractivity contribution in [3.05, 3.63) is 30.5 Å². The number of likely N-dealkylation sites (tertiary alicyclic amines) is 1. The standard InChI is InChI=1S/C15H18N4O/c1-19-9-10(4-7-14(19)20)18-13-6-5-12(16)11-3-2-8-17-15(11)13/h2-3,5-6,8,10,18H,4,7,9,16H2,1H3. The van der Waals surface area contributed by atoms with Gasteiger partial charge in [-0.3, -0.25) is 9.78 Å². The highest BCUT2D eigenvalue weighted by atomic mass is 16.2. The van der Waals surface area contributed by atoms with Crippen molar-refractivity contribution in [2.45, 2.75) is 18.9 Å². The zero-order valence-corrected chi connectivity index (χ0v) is 11.5. The van der Waals surface area contributed by atoms with Gasteiger partial charge in [0.15, 0.2) is 0 Å². The number of fused-ring (bicyclic) bond motifs is 1. The van der Waals surface area contributed by atoms with E-state index in [1.54, 1.807) is 11.1 Å². The van der Waals surface area contributed by atoms with Crippen molar-refractivity contribution in [3.8, 4) is 0 Å². The Balaban J connectivity index is 1.88. The van der Waals surface area contributed by atoms with Crippen molar-refractivity contribution in [2.75, 3.05) is 24.6 Å². The molecule has 3 rings (SSSR count). The lowest BCUT2D eigenvalue weighted by molar-refractivity contribution is -0.132. The van der Waals surface area contributed by atoms with Crippen LogP contribution in [0.4, 0.5) is 11.4 Å². The Bertz CT molecular complexity index is 655. The molecule has 0 bridgehead atoms. The zero-order valence-electron chi connectivity index (χ0n) is 11.5. The maximum atomic E-state index is 11.5. The molecule has 1 aromatic carbocycles. The first-order chi connectivity index (χ1) is 9.65. The summed E-state index contributed by atoms with van der Waals surface area (Å²) in [5.41, 5.74) is 8.57. The van der Waals surface area contributed by atoms with Gasteiger partial charge in [-0.1, -0.05) is 0 Å². The van der Waals surface area contributed by atoms with Crippen LogP contribution in [0.3, 0.4) is 0 Å². The zero-order chi connectivity index (χ0) is 14.1. The fraction of sp³-hybridized carbons (Fsp3) is 0.333. The minimum absolute atomic E-state index is 0.211. The van der Waals surface area contributed by atoms with Crippen molar-refractivity contribution in [3.63, 3.8) is 0 Å². The molecule has 0 spiro atoms. The second-order valence-corrected chi connectivity index (χ2v) is 5.26. The van der Waals surface area contributed by atoms with E-state index in [1.807, 2.05) is 31.3 Å². The van der Waals surface area contributed by atoms with Crippen molar-refractivity contribution >= 4 is 28.2 Å². The van der Waals surface area contributed by atoms with E-state index in [0.717, 1.165) is 35.2 Å². The van der Waals surface area contributed by atoms with E-state index in [-0.39, 0.29) is 11.9 Å². The summed E-state index contributed by atoms with van der Waals surface area (Å²) in [5.74, 6) is 0.211. The average Bonchev–Trinajstić information content (AvgIpc) is 2.46. The largest absolute Gasteiger partial charge is 0.398 e. The highest BCUT2D eigenvalue weighted by Crippen LogP contribution is 2.27. The number of rotatable bonds is 2. The Morgan fingerprint density at radius 1 is 1.40 bits per heavy atom. The number of nitrogens with two attached hydrogens (primary N) is 1. The minimum atomic E-state index is 0.211. The Hall–Kier alpha value is -2.30. The lowest BCUT2D eigenvalue weighted by Crippen LogP contribution is -2.43. The van der Waals surface area contributed by atoms with E-state index < -0.39 is 0 Å². The number of hydrogen-bond donors (Lipinski definition) is 2. The molecule has 1 aliphatic rings. The SMILES string of the molecule is CN1CC(Nc2ccc(N)c3cccnc23)CCC1=O. The van der Waals surface area contributed by atoms with Crippen LogP contribution in [-0.2, 0) is 4.79 Å². The number of aromatic nitrogens is 1. The first kappa shape index (κ1) is 12.7. The first-order valence-electron chi connectivity index (χ1n) is 6.79. The molecule has 1 unspecified atom stereocenters. The Morgan fingerprint density at radius 2 is 2.25 bits per heavy atom. The number of nitrogens with zero attached hydrogens (tertiary/aromatic N) is 2. The summed E-state index contributed by atoms with van der Waals surface area (Å²) >= 11 is 0. The van der Waals surface area contributed by atoms with Gasteiger partial charge >= 0.3 is 0 Å². The summed E-state index contributed by atoms with van der Waals surface area (Å²) in [6.07, 6.45) is 3.21. The van der Waals surface area contributed by atoms with E-state index in [1.165, 1.54) is 0 Å². The van der Waals surface area contributed by atoms with Gasteiger partial charge in [0, 0.05) is 43.3 Å². The number of hydrogen-bond acceptors (Lipinski definition) is 4. The fourth-order valence-corrected chi connectivity index (χ4v) is 2.66. The van der Waals surface area contributed by atoms with Crippen LogP contribution in [0.25, 0.3) is 10.9 Å².